The van der Waals surface area contributed by atoms with Crippen LogP contribution in [0.1, 0.15) is 6.42 Å². The Balaban J connectivity index is 1.90. The molecule has 110 valence electrons. The molecule has 0 spiro atoms. The third kappa shape index (κ3) is 3.60. The summed E-state index contributed by atoms with van der Waals surface area (Å²) in [5.74, 6) is -0.892. The number of rotatable bonds is 5. The molecule has 1 heterocycles. The van der Waals surface area contributed by atoms with E-state index in [1.54, 1.807) is 6.07 Å². The van der Waals surface area contributed by atoms with E-state index in [2.05, 4.69) is 9.80 Å². The molecule has 1 fully saturated rings. The van der Waals surface area contributed by atoms with Crippen LogP contribution >= 0.6 is 0 Å². The first-order chi connectivity index (χ1) is 9.60. The molecule has 1 N–H and O–H groups in total. The Morgan fingerprint density at radius 1 is 1.35 bits per heavy atom. The molecule has 2 rings (SSSR count). The van der Waals surface area contributed by atoms with E-state index in [0.717, 1.165) is 31.9 Å². The summed E-state index contributed by atoms with van der Waals surface area (Å²) in [5.41, 5.74) is 0.834. The van der Waals surface area contributed by atoms with Crippen molar-refractivity contribution in [3.8, 4) is 5.75 Å². The number of methoxy groups -OCH3 is 1. The van der Waals surface area contributed by atoms with E-state index in [9.17, 15) is 9.18 Å². The zero-order valence-electron chi connectivity index (χ0n) is 11.5. The van der Waals surface area contributed by atoms with Gasteiger partial charge in [0.25, 0.3) is 0 Å². The fraction of sp³-hybridized carbons (Fsp3) is 0.500. The minimum atomic E-state index is -0.773. The number of ether oxygens (including phenoxy) is 1. The zero-order valence-corrected chi connectivity index (χ0v) is 11.5. The van der Waals surface area contributed by atoms with E-state index in [1.165, 1.54) is 13.2 Å². The van der Waals surface area contributed by atoms with E-state index < -0.39 is 5.97 Å². The number of carboxylic acids is 1. The van der Waals surface area contributed by atoms with Crippen LogP contribution in [-0.2, 0) is 4.79 Å². The zero-order chi connectivity index (χ0) is 14.5. The van der Waals surface area contributed by atoms with Crippen LogP contribution in [0.15, 0.2) is 18.2 Å². The molecule has 0 aliphatic carbocycles. The Kier molecular flexibility index (Phi) is 4.79. The number of nitrogens with zero attached hydrogens (tertiary/aromatic N) is 2. The third-order valence-electron chi connectivity index (χ3n) is 3.51. The summed E-state index contributed by atoms with van der Waals surface area (Å²) in [4.78, 5) is 14.7. The number of aliphatic carboxylic acids is 1. The quantitative estimate of drug-likeness (QED) is 0.885. The van der Waals surface area contributed by atoms with Gasteiger partial charge in [-0.05, 0) is 12.1 Å². The molecule has 0 bridgehead atoms. The minimum Gasteiger partial charge on any atom is -0.494 e. The summed E-state index contributed by atoms with van der Waals surface area (Å²) in [6.07, 6.45) is 0.164. The molecule has 0 aromatic heterocycles. The van der Waals surface area contributed by atoms with Crippen LogP contribution in [0.4, 0.5) is 10.1 Å². The molecule has 0 amide bonds. The van der Waals surface area contributed by atoms with Gasteiger partial charge >= 0.3 is 5.97 Å². The van der Waals surface area contributed by atoms with Gasteiger partial charge in [-0.3, -0.25) is 9.69 Å². The lowest BCUT2D eigenvalue weighted by Crippen LogP contribution is -2.46. The van der Waals surface area contributed by atoms with Crippen LogP contribution in [0, 0.1) is 5.82 Å². The molecule has 1 aromatic rings. The smallest absolute Gasteiger partial charge is 0.304 e. The molecule has 0 saturated carbocycles. The number of carboxylic acid groups (broad SMARTS) is 1. The van der Waals surface area contributed by atoms with Crippen LogP contribution in [0.2, 0.25) is 0 Å². The van der Waals surface area contributed by atoms with Gasteiger partial charge in [0.2, 0.25) is 0 Å². The van der Waals surface area contributed by atoms with Gasteiger partial charge in [0, 0.05) is 44.5 Å². The number of carbonyl (C=O) groups is 1. The topological polar surface area (TPSA) is 53.0 Å². The second-order valence-electron chi connectivity index (χ2n) is 4.79. The Morgan fingerprint density at radius 2 is 2.05 bits per heavy atom. The average molecular weight is 282 g/mol. The SMILES string of the molecule is COc1ccc(N2CCN(CCC(=O)O)CC2)cc1F. The highest BCUT2D eigenvalue weighted by molar-refractivity contribution is 5.66. The van der Waals surface area contributed by atoms with Gasteiger partial charge in [0.05, 0.1) is 13.5 Å². The normalized spacial score (nSPS) is 16.2. The summed E-state index contributed by atoms with van der Waals surface area (Å²) in [7, 11) is 1.44. The minimum absolute atomic E-state index is 0.164. The molecule has 5 nitrogen and oxygen atoms in total. The Hall–Kier alpha value is -1.82. The molecule has 1 aromatic carbocycles. The highest BCUT2D eigenvalue weighted by Gasteiger charge is 2.18. The number of benzene rings is 1. The lowest BCUT2D eigenvalue weighted by molar-refractivity contribution is -0.137. The summed E-state index contributed by atoms with van der Waals surface area (Å²) in [6.45, 7) is 3.69. The largest absolute Gasteiger partial charge is 0.494 e. The van der Waals surface area contributed by atoms with Gasteiger partial charge < -0.3 is 14.7 Å². The van der Waals surface area contributed by atoms with Gasteiger partial charge in [-0.1, -0.05) is 0 Å². The summed E-state index contributed by atoms with van der Waals surface area (Å²) >= 11 is 0. The predicted octanol–water partition coefficient (Wildman–Crippen LogP) is 1.43. The second-order valence-corrected chi connectivity index (χ2v) is 4.79. The van der Waals surface area contributed by atoms with Gasteiger partial charge in [-0.25, -0.2) is 4.39 Å². The average Bonchev–Trinajstić information content (AvgIpc) is 2.45. The van der Waals surface area contributed by atoms with Crippen molar-refractivity contribution in [1.29, 1.82) is 0 Å². The molecule has 0 unspecified atom stereocenters. The third-order valence-corrected chi connectivity index (χ3v) is 3.51. The second kappa shape index (κ2) is 6.56. The maximum absolute atomic E-state index is 13.7. The first kappa shape index (κ1) is 14.6. The van der Waals surface area contributed by atoms with Crippen molar-refractivity contribution in [2.75, 3.05) is 44.7 Å². The van der Waals surface area contributed by atoms with Crippen molar-refractivity contribution in [3.63, 3.8) is 0 Å². The number of hydrogen-bond donors (Lipinski definition) is 1. The number of halogens is 1. The Bertz CT molecular complexity index is 473. The monoisotopic (exact) mass is 282 g/mol. The maximum Gasteiger partial charge on any atom is 0.304 e. The molecule has 1 aliphatic rings. The Morgan fingerprint density at radius 3 is 2.60 bits per heavy atom. The number of piperazine rings is 1. The first-order valence-electron chi connectivity index (χ1n) is 6.63. The van der Waals surface area contributed by atoms with Crippen molar-refractivity contribution in [2.45, 2.75) is 6.42 Å². The molecule has 1 aliphatic heterocycles. The van der Waals surface area contributed by atoms with E-state index in [-0.39, 0.29) is 18.0 Å². The molecule has 0 atom stereocenters. The molecule has 6 heteroatoms. The lowest BCUT2D eigenvalue weighted by atomic mass is 10.2. The number of hydrogen-bond acceptors (Lipinski definition) is 4. The highest BCUT2D eigenvalue weighted by Crippen LogP contribution is 2.24. The first-order valence-corrected chi connectivity index (χ1v) is 6.63. The van der Waals surface area contributed by atoms with Crippen LogP contribution in [-0.4, -0.2) is 55.8 Å². The van der Waals surface area contributed by atoms with Crippen LogP contribution < -0.4 is 9.64 Å². The molecule has 1 saturated heterocycles. The summed E-state index contributed by atoms with van der Waals surface area (Å²) < 4.78 is 18.6. The van der Waals surface area contributed by atoms with E-state index >= 15 is 0 Å². The van der Waals surface area contributed by atoms with Gasteiger partial charge in [-0.2, -0.15) is 0 Å². The van der Waals surface area contributed by atoms with Gasteiger partial charge in [0.1, 0.15) is 0 Å². The fourth-order valence-electron chi connectivity index (χ4n) is 2.34. The molecular weight excluding hydrogens is 263 g/mol. The van der Waals surface area contributed by atoms with E-state index in [1.807, 2.05) is 6.07 Å². The molecular formula is C14H19FN2O3. The summed E-state index contributed by atoms with van der Waals surface area (Å²) in [5, 5.41) is 8.66. The highest BCUT2D eigenvalue weighted by atomic mass is 19.1. The molecule has 20 heavy (non-hydrogen) atoms. The fourth-order valence-corrected chi connectivity index (χ4v) is 2.34. The van der Waals surface area contributed by atoms with E-state index in [4.69, 9.17) is 9.84 Å². The summed E-state index contributed by atoms with van der Waals surface area (Å²) in [6, 6.07) is 4.95. The van der Waals surface area contributed by atoms with Crippen LogP contribution in [0.3, 0.4) is 0 Å². The van der Waals surface area contributed by atoms with E-state index in [0.29, 0.717) is 6.54 Å². The van der Waals surface area contributed by atoms with Crippen molar-refractivity contribution in [2.24, 2.45) is 0 Å². The standard InChI is InChI=1S/C14H19FN2O3/c1-20-13-3-2-11(10-12(13)15)17-8-6-16(7-9-17)5-4-14(18)19/h2-3,10H,4-9H2,1H3,(H,18,19). The predicted molar refractivity (Wildman–Crippen MR) is 73.9 cm³/mol. The van der Waals surface area contributed by atoms with Crippen LogP contribution in [0.25, 0.3) is 0 Å². The maximum atomic E-state index is 13.7. The van der Waals surface area contributed by atoms with Crippen molar-refractivity contribution < 1.29 is 19.0 Å². The Labute approximate surface area is 117 Å². The molecule has 0 radical (unpaired) electrons. The van der Waals surface area contributed by atoms with Gasteiger partial charge in [0.15, 0.2) is 11.6 Å². The van der Waals surface area contributed by atoms with Crippen molar-refractivity contribution in [1.82, 2.24) is 4.90 Å². The van der Waals surface area contributed by atoms with Crippen molar-refractivity contribution >= 4 is 11.7 Å². The van der Waals surface area contributed by atoms with Crippen LogP contribution in [0.5, 0.6) is 5.75 Å². The van der Waals surface area contributed by atoms with Crippen molar-refractivity contribution in [3.05, 3.63) is 24.0 Å². The van der Waals surface area contributed by atoms with Gasteiger partial charge in [-0.15, -0.1) is 0 Å². The lowest BCUT2D eigenvalue weighted by Gasteiger charge is -2.35. The number of anilines is 1.